The first-order valence-corrected chi connectivity index (χ1v) is 5.28. The van der Waals surface area contributed by atoms with E-state index in [1.54, 1.807) is 6.20 Å². The molecule has 78 valence electrons. The molecule has 0 radical (unpaired) electrons. The summed E-state index contributed by atoms with van der Waals surface area (Å²) < 4.78 is 2.20. The first kappa shape index (κ1) is 8.79. The Morgan fingerprint density at radius 1 is 1.47 bits per heavy atom. The minimum Gasteiger partial charge on any atom is -0.330 e. The van der Waals surface area contributed by atoms with Gasteiger partial charge < -0.3 is 10.3 Å². The van der Waals surface area contributed by atoms with Crippen LogP contribution in [0.5, 0.6) is 0 Å². The van der Waals surface area contributed by atoms with E-state index in [0.717, 1.165) is 23.4 Å². The fourth-order valence-corrected chi connectivity index (χ4v) is 1.91. The van der Waals surface area contributed by atoms with Crippen molar-refractivity contribution < 1.29 is 0 Å². The summed E-state index contributed by atoms with van der Waals surface area (Å²) >= 11 is 0. The van der Waals surface area contributed by atoms with Crippen LogP contribution in [0.1, 0.15) is 24.7 Å². The normalized spacial score (nSPS) is 16.1. The van der Waals surface area contributed by atoms with Gasteiger partial charge in [-0.3, -0.25) is 0 Å². The maximum absolute atomic E-state index is 5.58. The lowest BCUT2D eigenvalue weighted by atomic mass is 10.4. The smallest absolute Gasteiger partial charge is 0.182 e. The van der Waals surface area contributed by atoms with E-state index in [-0.39, 0.29) is 0 Å². The highest BCUT2D eigenvalue weighted by molar-refractivity contribution is 5.70. The molecular weight excluding hydrogens is 190 g/mol. The molecule has 5 heteroatoms. The minimum absolute atomic E-state index is 0.577. The summed E-state index contributed by atoms with van der Waals surface area (Å²) in [5, 5.41) is 8.07. The van der Waals surface area contributed by atoms with Crippen LogP contribution in [0.3, 0.4) is 0 Å². The van der Waals surface area contributed by atoms with Gasteiger partial charge in [-0.2, -0.15) is 5.10 Å². The van der Waals surface area contributed by atoms with Gasteiger partial charge in [-0.25, -0.2) is 4.98 Å². The summed E-state index contributed by atoms with van der Waals surface area (Å²) in [6.45, 7) is 0.628. The lowest BCUT2D eigenvalue weighted by Gasteiger charge is -2.04. The van der Waals surface area contributed by atoms with E-state index in [4.69, 9.17) is 5.73 Å². The highest BCUT2D eigenvalue weighted by Crippen LogP contribution is 2.37. The molecule has 5 nitrogen and oxygen atoms in total. The molecule has 2 aromatic rings. The Hall–Kier alpha value is -1.49. The van der Waals surface area contributed by atoms with Crippen molar-refractivity contribution in [2.24, 2.45) is 5.73 Å². The summed E-state index contributed by atoms with van der Waals surface area (Å²) in [5.41, 5.74) is 7.42. The second-order valence-electron chi connectivity index (χ2n) is 3.91. The topological polar surface area (TPSA) is 69.6 Å². The summed E-state index contributed by atoms with van der Waals surface area (Å²) in [6, 6.07) is 2.48. The Labute approximate surface area is 87.3 Å². The Balaban J connectivity index is 2.19. The van der Waals surface area contributed by atoms with Crippen molar-refractivity contribution in [1.29, 1.82) is 0 Å². The van der Waals surface area contributed by atoms with Crippen LogP contribution in [0.4, 0.5) is 0 Å². The lowest BCUT2D eigenvalue weighted by Crippen LogP contribution is -2.09. The number of imidazole rings is 1. The minimum atomic E-state index is 0.577. The first-order valence-electron chi connectivity index (χ1n) is 5.28. The summed E-state index contributed by atoms with van der Waals surface area (Å²) in [4.78, 5) is 4.54. The Morgan fingerprint density at radius 2 is 2.33 bits per heavy atom. The molecule has 1 saturated carbocycles. The van der Waals surface area contributed by atoms with Gasteiger partial charge in [0.1, 0.15) is 11.3 Å². The number of aromatic nitrogens is 4. The van der Waals surface area contributed by atoms with E-state index in [9.17, 15) is 0 Å². The third kappa shape index (κ3) is 1.39. The summed E-state index contributed by atoms with van der Waals surface area (Å²) in [5.74, 6) is 1.05. The van der Waals surface area contributed by atoms with Gasteiger partial charge in [0.15, 0.2) is 5.65 Å². The van der Waals surface area contributed by atoms with Gasteiger partial charge in [0.05, 0.1) is 6.20 Å². The van der Waals surface area contributed by atoms with Crippen LogP contribution in [-0.2, 0) is 6.42 Å². The van der Waals surface area contributed by atoms with E-state index < -0.39 is 0 Å². The fraction of sp³-hybridized carbons (Fsp3) is 0.500. The molecule has 0 spiro atoms. The van der Waals surface area contributed by atoms with Crippen molar-refractivity contribution in [1.82, 2.24) is 19.7 Å². The van der Waals surface area contributed by atoms with Crippen molar-refractivity contribution in [3.05, 3.63) is 18.1 Å². The van der Waals surface area contributed by atoms with Gasteiger partial charge >= 0.3 is 0 Å². The largest absolute Gasteiger partial charge is 0.330 e. The molecule has 0 bridgehead atoms. The van der Waals surface area contributed by atoms with Crippen molar-refractivity contribution in [3.8, 4) is 0 Å². The van der Waals surface area contributed by atoms with E-state index in [1.807, 2.05) is 6.07 Å². The van der Waals surface area contributed by atoms with Gasteiger partial charge in [-0.05, 0) is 25.5 Å². The number of fused-ring (bicyclic) bond motifs is 1. The predicted octanol–water partition coefficient (Wildman–Crippen LogP) is 0.662. The summed E-state index contributed by atoms with van der Waals surface area (Å²) in [6.07, 6.45) is 4.94. The Morgan fingerprint density at radius 3 is 3.07 bits per heavy atom. The monoisotopic (exact) mass is 203 g/mol. The van der Waals surface area contributed by atoms with Crippen molar-refractivity contribution in [2.45, 2.75) is 25.3 Å². The van der Waals surface area contributed by atoms with Gasteiger partial charge in [0.25, 0.3) is 0 Å². The zero-order valence-corrected chi connectivity index (χ0v) is 8.43. The third-order valence-electron chi connectivity index (χ3n) is 2.72. The molecule has 1 fully saturated rings. The van der Waals surface area contributed by atoms with Crippen molar-refractivity contribution >= 4 is 11.2 Å². The molecule has 0 saturated heterocycles. The van der Waals surface area contributed by atoms with Crippen LogP contribution in [0, 0.1) is 0 Å². The Bertz CT molecular complexity index is 486. The maximum Gasteiger partial charge on any atom is 0.182 e. The number of nitrogens with zero attached hydrogens (tertiary/aromatic N) is 4. The molecule has 1 aliphatic rings. The fourth-order valence-electron chi connectivity index (χ4n) is 1.91. The molecule has 0 unspecified atom stereocenters. The number of hydrogen-bond acceptors (Lipinski definition) is 4. The van der Waals surface area contributed by atoms with E-state index >= 15 is 0 Å². The number of nitrogens with two attached hydrogens (primary N) is 1. The molecule has 0 aliphatic heterocycles. The molecule has 2 N–H and O–H groups in total. The predicted molar refractivity (Wildman–Crippen MR) is 56.4 cm³/mol. The molecular formula is C10H13N5. The average molecular weight is 203 g/mol. The number of hydrogen-bond donors (Lipinski definition) is 1. The molecule has 0 amide bonds. The average Bonchev–Trinajstić information content (AvgIpc) is 3.01. The van der Waals surface area contributed by atoms with Gasteiger partial charge in [0.2, 0.25) is 0 Å². The lowest BCUT2D eigenvalue weighted by molar-refractivity contribution is 0.686. The van der Waals surface area contributed by atoms with E-state index in [0.29, 0.717) is 12.6 Å². The molecule has 2 heterocycles. The van der Waals surface area contributed by atoms with Crippen LogP contribution >= 0.6 is 0 Å². The molecule has 3 rings (SSSR count). The van der Waals surface area contributed by atoms with Crippen LogP contribution in [-0.4, -0.2) is 26.3 Å². The maximum atomic E-state index is 5.58. The highest BCUT2D eigenvalue weighted by Gasteiger charge is 2.28. The third-order valence-corrected chi connectivity index (χ3v) is 2.72. The van der Waals surface area contributed by atoms with Crippen LogP contribution < -0.4 is 5.73 Å². The van der Waals surface area contributed by atoms with Gasteiger partial charge in [0, 0.05) is 12.5 Å². The zero-order chi connectivity index (χ0) is 10.3. The molecule has 0 aromatic carbocycles. The first-order chi connectivity index (χ1) is 7.40. The van der Waals surface area contributed by atoms with Crippen LogP contribution in [0.25, 0.3) is 11.2 Å². The second kappa shape index (κ2) is 3.27. The molecule has 15 heavy (non-hydrogen) atoms. The molecule has 2 aromatic heterocycles. The molecule has 0 atom stereocenters. The highest BCUT2D eigenvalue weighted by atomic mass is 15.2. The summed E-state index contributed by atoms with van der Waals surface area (Å²) in [7, 11) is 0. The zero-order valence-electron chi connectivity index (χ0n) is 8.43. The standard InChI is InChI=1S/C10H13N5/c11-5-3-9-13-8-4-6-12-14-10(8)15(9)7-1-2-7/h4,6-7H,1-3,5,11H2. The van der Waals surface area contributed by atoms with Crippen LogP contribution in [0.15, 0.2) is 12.3 Å². The van der Waals surface area contributed by atoms with Crippen molar-refractivity contribution in [3.63, 3.8) is 0 Å². The Kier molecular flexibility index (Phi) is 1.92. The number of rotatable bonds is 3. The van der Waals surface area contributed by atoms with Crippen molar-refractivity contribution in [2.75, 3.05) is 6.54 Å². The van der Waals surface area contributed by atoms with E-state index in [1.165, 1.54) is 12.8 Å². The van der Waals surface area contributed by atoms with Gasteiger partial charge in [-0.1, -0.05) is 0 Å². The van der Waals surface area contributed by atoms with Crippen LogP contribution in [0.2, 0.25) is 0 Å². The molecule has 1 aliphatic carbocycles. The second-order valence-corrected chi connectivity index (χ2v) is 3.91. The quantitative estimate of drug-likeness (QED) is 0.795. The SMILES string of the molecule is NCCc1nc2ccnnc2n1C1CC1. The van der Waals surface area contributed by atoms with Gasteiger partial charge in [-0.15, -0.1) is 5.10 Å². The van der Waals surface area contributed by atoms with E-state index in [2.05, 4.69) is 19.7 Å².